The standard InChI is InChI=1S/C14H18N4O2S.C11H15F2N3/c1-11-14(8-13(10-20)17(11)6-7-19)21-16-4-5-18-12(9-16)2-3-15-18;1-14-7-9-3-2-5-15-10(9)16-6-4-11(12,13)8-16/h2-3,8,10,19H,4-7,9H2,1H3;2-3,5,14H,4,6-8H2,1H3. The number of hydrogen-bond donors (Lipinski definition) is 2. The first-order chi connectivity index (χ1) is 17.8. The maximum absolute atomic E-state index is 13.1. The maximum Gasteiger partial charge on any atom is 0.266 e. The Bertz CT molecular complexity index is 1200. The van der Waals surface area contributed by atoms with Crippen LogP contribution in [0.4, 0.5) is 14.6 Å². The number of aliphatic hydroxyl groups is 1. The highest BCUT2D eigenvalue weighted by Crippen LogP contribution is 2.32. The number of aliphatic hydroxyl groups excluding tert-OH is 1. The molecule has 0 spiro atoms. The number of carbonyl (C=O) groups is 1. The molecule has 5 heterocycles. The minimum atomic E-state index is -2.57. The van der Waals surface area contributed by atoms with Gasteiger partial charge in [-0.05, 0) is 44.1 Å². The van der Waals surface area contributed by atoms with E-state index in [1.165, 1.54) is 5.69 Å². The van der Waals surface area contributed by atoms with Crippen LogP contribution in [0.3, 0.4) is 0 Å². The minimum absolute atomic E-state index is 0.0311. The maximum atomic E-state index is 13.1. The van der Waals surface area contributed by atoms with Crippen molar-refractivity contribution in [1.82, 2.24) is 29.0 Å². The number of fused-ring (bicyclic) bond motifs is 1. The van der Waals surface area contributed by atoms with E-state index in [0.717, 1.165) is 42.1 Å². The van der Waals surface area contributed by atoms with Crippen LogP contribution in [0.1, 0.15) is 33.9 Å². The third kappa shape index (κ3) is 6.56. The van der Waals surface area contributed by atoms with Gasteiger partial charge in [-0.2, -0.15) is 5.10 Å². The van der Waals surface area contributed by atoms with Crippen LogP contribution in [0.25, 0.3) is 0 Å². The zero-order chi connectivity index (χ0) is 26.4. The summed E-state index contributed by atoms with van der Waals surface area (Å²) in [6.45, 7) is 5.90. The van der Waals surface area contributed by atoms with Crippen LogP contribution >= 0.6 is 11.9 Å². The molecule has 1 fully saturated rings. The summed E-state index contributed by atoms with van der Waals surface area (Å²) in [5.41, 5.74) is 3.81. The van der Waals surface area contributed by atoms with Gasteiger partial charge >= 0.3 is 0 Å². The molecule has 0 aromatic carbocycles. The smallest absolute Gasteiger partial charge is 0.266 e. The third-order valence-corrected chi connectivity index (χ3v) is 7.61. The number of aromatic nitrogens is 4. The van der Waals surface area contributed by atoms with E-state index in [-0.39, 0.29) is 19.6 Å². The topological polar surface area (TPSA) is 91.5 Å². The first kappa shape index (κ1) is 27.2. The molecule has 2 aliphatic rings. The van der Waals surface area contributed by atoms with Crippen molar-refractivity contribution >= 4 is 24.1 Å². The van der Waals surface area contributed by atoms with Crippen LogP contribution in [0, 0.1) is 6.92 Å². The van der Waals surface area contributed by atoms with E-state index in [4.69, 9.17) is 5.11 Å². The lowest BCUT2D eigenvalue weighted by Crippen LogP contribution is -2.28. The molecule has 9 nitrogen and oxygen atoms in total. The molecule has 0 aliphatic carbocycles. The number of alkyl halides is 2. The highest BCUT2D eigenvalue weighted by Gasteiger charge is 2.39. The number of pyridine rings is 1. The average Bonchev–Trinajstić information content (AvgIpc) is 3.58. The monoisotopic (exact) mass is 533 g/mol. The predicted molar refractivity (Wildman–Crippen MR) is 139 cm³/mol. The first-order valence-corrected chi connectivity index (χ1v) is 13.0. The van der Waals surface area contributed by atoms with Crippen LogP contribution < -0.4 is 10.2 Å². The minimum Gasteiger partial charge on any atom is -0.395 e. The fourth-order valence-corrected chi connectivity index (χ4v) is 5.63. The van der Waals surface area contributed by atoms with Gasteiger partial charge in [-0.15, -0.1) is 0 Å². The molecular formula is C25H33F2N7O2S. The highest BCUT2D eigenvalue weighted by atomic mass is 32.2. The number of hydrogen-bond acceptors (Lipinski definition) is 8. The fraction of sp³-hybridized carbons (Fsp3) is 0.480. The Morgan fingerprint density at radius 2 is 2.08 bits per heavy atom. The largest absolute Gasteiger partial charge is 0.395 e. The van der Waals surface area contributed by atoms with Gasteiger partial charge in [0, 0.05) is 61.1 Å². The van der Waals surface area contributed by atoms with Crippen molar-refractivity contribution in [3.05, 3.63) is 59.3 Å². The van der Waals surface area contributed by atoms with Gasteiger partial charge in [0.25, 0.3) is 5.92 Å². The summed E-state index contributed by atoms with van der Waals surface area (Å²) in [6, 6.07) is 7.67. The van der Waals surface area contributed by atoms with E-state index in [9.17, 15) is 13.6 Å². The number of nitrogens with one attached hydrogen (secondary N) is 1. The second-order valence-corrected chi connectivity index (χ2v) is 10.2. The molecule has 1 saturated heterocycles. The number of anilines is 1. The second kappa shape index (κ2) is 12.2. The SMILES string of the molecule is CNCc1cccnc1N1CCC(F)(F)C1.Cc1c(SN2CCn3nccc3C2)cc(C=O)n1CCO. The highest BCUT2D eigenvalue weighted by molar-refractivity contribution is 7.97. The quantitative estimate of drug-likeness (QED) is 0.338. The van der Waals surface area contributed by atoms with Gasteiger partial charge in [0.1, 0.15) is 5.82 Å². The molecule has 5 rings (SSSR count). The van der Waals surface area contributed by atoms with Crippen molar-refractivity contribution in [2.45, 2.75) is 50.3 Å². The van der Waals surface area contributed by atoms with Crippen LogP contribution in [-0.4, -0.2) is 74.2 Å². The summed E-state index contributed by atoms with van der Waals surface area (Å²) in [4.78, 5) is 18.1. The summed E-state index contributed by atoms with van der Waals surface area (Å²) < 4.78 is 32.4. The van der Waals surface area contributed by atoms with Crippen molar-refractivity contribution in [3.63, 3.8) is 0 Å². The Labute approximate surface area is 219 Å². The van der Waals surface area contributed by atoms with E-state index in [2.05, 4.69) is 19.7 Å². The molecule has 0 saturated carbocycles. The summed E-state index contributed by atoms with van der Waals surface area (Å²) in [7, 11) is 1.83. The van der Waals surface area contributed by atoms with Crippen LogP contribution in [0.15, 0.2) is 41.6 Å². The molecule has 37 heavy (non-hydrogen) atoms. The van der Waals surface area contributed by atoms with E-state index in [1.54, 1.807) is 23.0 Å². The number of aldehydes is 1. The Morgan fingerprint density at radius 1 is 1.24 bits per heavy atom. The Morgan fingerprint density at radius 3 is 2.78 bits per heavy atom. The Balaban J connectivity index is 0.000000180. The summed E-state index contributed by atoms with van der Waals surface area (Å²) >= 11 is 1.67. The predicted octanol–water partition coefficient (Wildman–Crippen LogP) is 2.97. The molecule has 2 aliphatic heterocycles. The van der Waals surface area contributed by atoms with E-state index < -0.39 is 5.92 Å². The lowest BCUT2D eigenvalue weighted by atomic mass is 10.2. The van der Waals surface area contributed by atoms with Crippen molar-refractivity contribution in [2.24, 2.45) is 0 Å². The van der Waals surface area contributed by atoms with Gasteiger partial charge in [-0.1, -0.05) is 6.07 Å². The van der Waals surface area contributed by atoms with Crippen LogP contribution in [0.5, 0.6) is 0 Å². The first-order valence-electron chi connectivity index (χ1n) is 12.3. The lowest BCUT2D eigenvalue weighted by Gasteiger charge is -2.26. The van der Waals surface area contributed by atoms with E-state index in [1.807, 2.05) is 53.7 Å². The van der Waals surface area contributed by atoms with Crippen molar-refractivity contribution in [2.75, 3.05) is 38.2 Å². The Hall–Kier alpha value is -2.80. The lowest BCUT2D eigenvalue weighted by molar-refractivity contribution is 0.0256. The average molecular weight is 534 g/mol. The number of carbonyl (C=O) groups excluding carboxylic acids is 1. The van der Waals surface area contributed by atoms with Crippen LogP contribution in [0.2, 0.25) is 0 Å². The molecule has 0 atom stereocenters. The second-order valence-electron chi connectivity index (χ2n) is 9.06. The molecular weight excluding hydrogens is 500 g/mol. The normalized spacial score (nSPS) is 16.8. The number of halogens is 2. The molecule has 200 valence electrons. The van der Waals surface area contributed by atoms with Crippen molar-refractivity contribution in [3.8, 4) is 0 Å². The summed E-state index contributed by atoms with van der Waals surface area (Å²) in [5, 5.41) is 16.4. The molecule has 3 aromatic heterocycles. The van der Waals surface area contributed by atoms with Gasteiger partial charge in [0.15, 0.2) is 6.29 Å². The van der Waals surface area contributed by atoms with Crippen molar-refractivity contribution in [1.29, 1.82) is 0 Å². The third-order valence-electron chi connectivity index (χ3n) is 6.43. The molecule has 0 radical (unpaired) electrons. The van der Waals surface area contributed by atoms with E-state index in [0.29, 0.717) is 31.1 Å². The molecule has 12 heteroatoms. The zero-order valence-electron chi connectivity index (χ0n) is 21.1. The van der Waals surface area contributed by atoms with Crippen LogP contribution in [-0.2, 0) is 26.2 Å². The molecule has 2 N–H and O–H groups in total. The molecule has 0 unspecified atom stereocenters. The van der Waals surface area contributed by atoms with Crippen molar-refractivity contribution < 1.29 is 18.7 Å². The summed E-state index contributed by atoms with van der Waals surface area (Å²) in [6.07, 6.45) is 4.24. The van der Waals surface area contributed by atoms with Gasteiger partial charge in [-0.25, -0.2) is 18.1 Å². The molecule has 3 aromatic rings. The van der Waals surface area contributed by atoms with E-state index >= 15 is 0 Å². The molecule has 0 amide bonds. The van der Waals surface area contributed by atoms with Gasteiger partial charge in [0.05, 0.1) is 37.6 Å². The van der Waals surface area contributed by atoms with Gasteiger partial charge in [0.2, 0.25) is 0 Å². The zero-order valence-corrected chi connectivity index (χ0v) is 21.9. The summed E-state index contributed by atoms with van der Waals surface area (Å²) in [5.74, 6) is -1.90. The Kier molecular flexibility index (Phi) is 8.95. The molecule has 0 bridgehead atoms. The number of rotatable bonds is 8. The van der Waals surface area contributed by atoms with Gasteiger partial charge in [-0.3, -0.25) is 9.48 Å². The fourth-order valence-electron chi connectivity index (χ4n) is 4.57. The van der Waals surface area contributed by atoms with Gasteiger partial charge < -0.3 is 19.9 Å². The number of nitrogens with zero attached hydrogens (tertiary/aromatic N) is 6.